The summed E-state index contributed by atoms with van der Waals surface area (Å²) in [5.74, 6) is 1.24. The molecule has 0 bridgehead atoms. The van der Waals surface area contributed by atoms with Gasteiger partial charge in [0.05, 0.1) is 27.4 Å². The summed E-state index contributed by atoms with van der Waals surface area (Å²) in [5.41, 5.74) is 3.05. The van der Waals surface area contributed by atoms with Crippen molar-refractivity contribution in [1.29, 1.82) is 0 Å². The molecule has 7 heteroatoms. The van der Waals surface area contributed by atoms with Crippen molar-refractivity contribution in [2.45, 2.75) is 38.9 Å². The predicted octanol–water partition coefficient (Wildman–Crippen LogP) is 2.87. The lowest BCUT2D eigenvalue weighted by Crippen LogP contribution is -2.55. The molecule has 0 aliphatic carbocycles. The van der Waals surface area contributed by atoms with E-state index in [1.54, 1.807) is 31.3 Å². The first-order valence-corrected chi connectivity index (χ1v) is 10.4. The third-order valence-corrected chi connectivity index (χ3v) is 5.45. The molecule has 2 aromatic rings. The first kappa shape index (κ1) is 22.6. The van der Waals surface area contributed by atoms with Crippen LogP contribution in [0.25, 0.3) is 0 Å². The molecule has 1 aliphatic rings. The van der Waals surface area contributed by atoms with Crippen molar-refractivity contribution in [3.8, 4) is 11.5 Å². The molecular weight excluding hydrogens is 396 g/mol. The van der Waals surface area contributed by atoms with Gasteiger partial charge in [0.1, 0.15) is 24.1 Å². The number of amides is 2. The Kier molecular flexibility index (Phi) is 7.52. The summed E-state index contributed by atoms with van der Waals surface area (Å²) in [6.45, 7) is 5.03. The highest BCUT2D eigenvalue weighted by Crippen LogP contribution is 2.27. The zero-order valence-corrected chi connectivity index (χ0v) is 18.5. The zero-order chi connectivity index (χ0) is 22.4. The molecule has 0 spiro atoms. The fourth-order valence-corrected chi connectivity index (χ4v) is 3.51. The van der Waals surface area contributed by atoms with Crippen molar-refractivity contribution in [3.05, 3.63) is 59.2 Å². The average molecular weight is 427 g/mol. The van der Waals surface area contributed by atoms with Crippen LogP contribution in [0.5, 0.6) is 11.5 Å². The van der Waals surface area contributed by atoms with E-state index >= 15 is 0 Å². The Balaban J connectivity index is 1.70. The maximum absolute atomic E-state index is 12.9. The molecule has 2 aromatic carbocycles. The fourth-order valence-electron chi connectivity index (χ4n) is 3.51. The highest BCUT2D eigenvalue weighted by Gasteiger charge is 2.34. The number of ether oxygens (including phenoxy) is 3. The average Bonchev–Trinajstić information content (AvgIpc) is 2.79. The predicted molar refractivity (Wildman–Crippen MR) is 117 cm³/mol. The van der Waals surface area contributed by atoms with Gasteiger partial charge >= 0.3 is 0 Å². The van der Waals surface area contributed by atoms with Crippen molar-refractivity contribution < 1.29 is 23.8 Å². The number of nitrogens with zero attached hydrogens (tertiary/aromatic N) is 1. The summed E-state index contributed by atoms with van der Waals surface area (Å²) in [6.07, 6.45) is 0. The number of benzene rings is 2. The van der Waals surface area contributed by atoms with Gasteiger partial charge in [-0.3, -0.25) is 9.59 Å². The number of carbonyl (C=O) groups excluding carboxylic acids is 2. The van der Waals surface area contributed by atoms with E-state index < -0.39 is 6.04 Å². The van der Waals surface area contributed by atoms with Crippen molar-refractivity contribution in [3.63, 3.8) is 0 Å². The Bertz CT molecular complexity index is 911. The molecule has 0 unspecified atom stereocenters. The minimum absolute atomic E-state index is 0.0427. The van der Waals surface area contributed by atoms with Gasteiger partial charge in [0.15, 0.2) is 0 Å². The van der Waals surface area contributed by atoms with E-state index in [-0.39, 0.29) is 31.6 Å². The monoisotopic (exact) mass is 426 g/mol. The van der Waals surface area contributed by atoms with E-state index in [4.69, 9.17) is 14.2 Å². The van der Waals surface area contributed by atoms with E-state index in [0.29, 0.717) is 24.0 Å². The molecule has 0 aromatic heterocycles. The van der Waals surface area contributed by atoms with E-state index in [1.807, 2.05) is 18.2 Å². The molecule has 1 saturated heterocycles. The van der Waals surface area contributed by atoms with Crippen LogP contribution in [0.4, 0.5) is 0 Å². The third kappa shape index (κ3) is 5.55. The maximum atomic E-state index is 12.9. The fraction of sp³-hybridized carbons (Fsp3) is 0.417. The van der Waals surface area contributed by atoms with Crippen molar-refractivity contribution in [1.82, 2.24) is 10.2 Å². The second-order valence-corrected chi connectivity index (χ2v) is 7.84. The van der Waals surface area contributed by atoms with Crippen LogP contribution < -0.4 is 14.8 Å². The van der Waals surface area contributed by atoms with Crippen LogP contribution in [-0.4, -0.2) is 50.2 Å². The van der Waals surface area contributed by atoms with Gasteiger partial charge in [-0.1, -0.05) is 38.1 Å². The minimum atomic E-state index is -0.706. The van der Waals surface area contributed by atoms with Gasteiger partial charge in [0.25, 0.3) is 0 Å². The molecule has 7 nitrogen and oxygen atoms in total. The van der Waals surface area contributed by atoms with Crippen LogP contribution in [0, 0.1) is 0 Å². The molecule has 1 fully saturated rings. The van der Waals surface area contributed by atoms with Crippen LogP contribution in [-0.2, 0) is 27.4 Å². The molecule has 2 amide bonds. The molecule has 31 heavy (non-hydrogen) atoms. The lowest BCUT2D eigenvalue weighted by molar-refractivity contribution is -0.155. The standard InChI is InChI=1S/C24H30N2O5/c1-16(2)18-7-5-17(6-8-18)12-25-24(28)21-14-31-15-23(27)26(21)13-19-9-10-20(29-3)11-22(19)30-4/h5-11,16,21H,12-15H2,1-4H3,(H,25,28)/t21-/m0/s1. The third-order valence-electron chi connectivity index (χ3n) is 5.45. The first-order chi connectivity index (χ1) is 14.9. The Hall–Kier alpha value is -3.06. The maximum Gasteiger partial charge on any atom is 0.249 e. The lowest BCUT2D eigenvalue weighted by atomic mass is 10.0. The highest BCUT2D eigenvalue weighted by molar-refractivity contribution is 5.89. The molecule has 0 saturated carbocycles. The van der Waals surface area contributed by atoms with E-state index in [2.05, 4.69) is 31.3 Å². The molecule has 1 atom stereocenters. The minimum Gasteiger partial charge on any atom is -0.497 e. The van der Waals surface area contributed by atoms with Gasteiger partial charge in [-0.2, -0.15) is 0 Å². The molecule has 1 N–H and O–H groups in total. The van der Waals surface area contributed by atoms with E-state index in [0.717, 1.165) is 11.1 Å². The quantitative estimate of drug-likeness (QED) is 0.702. The first-order valence-electron chi connectivity index (χ1n) is 10.4. The van der Waals surface area contributed by atoms with Gasteiger partial charge in [0, 0.05) is 18.2 Å². The van der Waals surface area contributed by atoms with E-state index in [1.165, 1.54) is 5.56 Å². The van der Waals surface area contributed by atoms with E-state index in [9.17, 15) is 9.59 Å². The molecule has 3 rings (SSSR count). The normalized spacial score (nSPS) is 16.4. The number of hydrogen-bond donors (Lipinski definition) is 1. The number of morpholine rings is 1. The Labute approximate surface area is 183 Å². The lowest BCUT2D eigenvalue weighted by Gasteiger charge is -2.34. The van der Waals surface area contributed by atoms with Gasteiger partial charge < -0.3 is 24.4 Å². The second kappa shape index (κ2) is 10.3. The number of carbonyl (C=O) groups is 2. The molecule has 166 valence electrons. The zero-order valence-electron chi connectivity index (χ0n) is 18.5. The van der Waals surface area contributed by atoms with Crippen LogP contribution in [0.15, 0.2) is 42.5 Å². The summed E-state index contributed by atoms with van der Waals surface area (Å²) in [4.78, 5) is 27.0. The number of nitrogens with one attached hydrogen (secondary N) is 1. The molecule has 0 radical (unpaired) electrons. The topological polar surface area (TPSA) is 77.1 Å². The summed E-state index contributed by atoms with van der Waals surface area (Å²) in [6, 6.07) is 12.9. The van der Waals surface area contributed by atoms with Crippen molar-refractivity contribution in [2.75, 3.05) is 27.4 Å². The van der Waals surface area contributed by atoms with Crippen LogP contribution >= 0.6 is 0 Å². The summed E-state index contributed by atoms with van der Waals surface area (Å²) in [5, 5.41) is 2.94. The smallest absolute Gasteiger partial charge is 0.249 e. The van der Waals surface area contributed by atoms with Gasteiger partial charge in [0.2, 0.25) is 11.8 Å². The Morgan fingerprint density at radius 3 is 2.55 bits per heavy atom. The molecule has 1 heterocycles. The largest absolute Gasteiger partial charge is 0.497 e. The number of hydrogen-bond acceptors (Lipinski definition) is 5. The van der Waals surface area contributed by atoms with Crippen molar-refractivity contribution >= 4 is 11.8 Å². The number of methoxy groups -OCH3 is 2. The summed E-state index contributed by atoms with van der Waals surface area (Å²) >= 11 is 0. The van der Waals surface area contributed by atoms with Crippen LogP contribution in [0.1, 0.15) is 36.5 Å². The molecular formula is C24H30N2O5. The van der Waals surface area contributed by atoms with Crippen LogP contribution in [0.3, 0.4) is 0 Å². The Morgan fingerprint density at radius 2 is 1.90 bits per heavy atom. The Morgan fingerprint density at radius 1 is 1.16 bits per heavy atom. The van der Waals surface area contributed by atoms with Gasteiger partial charge in [-0.15, -0.1) is 0 Å². The number of rotatable bonds is 8. The second-order valence-electron chi connectivity index (χ2n) is 7.84. The molecule has 1 aliphatic heterocycles. The van der Waals surface area contributed by atoms with Gasteiger partial charge in [-0.05, 0) is 29.2 Å². The highest BCUT2D eigenvalue weighted by atomic mass is 16.5. The van der Waals surface area contributed by atoms with Crippen LogP contribution in [0.2, 0.25) is 0 Å². The summed E-state index contributed by atoms with van der Waals surface area (Å²) < 4.78 is 16.0. The van der Waals surface area contributed by atoms with Crippen molar-refractivity contribution in [2.24, 2.45) is 0 Å². The van der Waals surface area contributed by atoms with Gasteiger partial charge in [-0.25, -0.2) is 0 Å². The summed E-state index contributed by atoms with van der Waals surface area (Å²) in [7, 11) is 3.14. The SMILES string of the molecule is COc1ccc(CN2C(=O)COC[C@H]2C(=O)NCc2ccc(C(C)C)cc2)c(OC)c1.